The van der Waals surface area contributed by atoms with Crippen molar-refractivity contribution in [1.82, 2.24) is 5.32 Å². The molecule has 1 aromatic rings. The number of hydrogen-bond donors (Lipinski definition) is 1. The van der Waals surface area contributed by atoms with Gasteiger partial charge in [0.05, 0.1) is 7.11 Å². The number of methoxy groups -OCH3 is 1. The predicted octanol–water partition coefficient (Wildman–Crippen LogP) is 1.83. The summed E-state index contributed by atoms with van der Waals surface area (Å²) in [6, 6.07) is 7.20. The summed E-state index contributed by atoms with van der Waals surface area (Å²) in [6.45, 7) is 0.802. The molecule has 3 nitrogen and oxygen atoms in total. The van der Waals surface area contributed by atoms with Gasteiger partial charge in [-0.2, -0.15) is 0 Å². The maximum absolute atomic E-state index is 11.7. The van der Waals surface area contributed by atoms with Crippen molar-refractivity contribution in [2.24, 2.45) is 5.92 Å². The van der Waals surface area contributed by atoms with Crippen molar-refractivity contribution >= 4 is 5.91 Å². The molecule has 1 aliphatic rings. The smallest absolute Gasteiger partial charge is 0.251 e. The van der Waals surface area contributed by atoms with Crippen LogP contribution in [0.3, 0.4) is 0 Å². The van der Waals surface area contributed by atoms with Crippen LogP contribution in [0, 0.1) is 5.92 Å². The molecule has 1 saturated carbocycles. The van der Waals surface area contributed by atoms with Gasteiger partial charge in [-0.25, -0.2) is 0 Å². The van der Waals surface area contributed by atoms with Crippen LogP contribution < -0.4 is 10.1 Å². The molecule has 0 saturated heterocycles. The van der Waals surface area contributed by atoms with Crippen LogP contribution in [0.15, 0.2) is 24.3 Å². The van der Waals surface area contributed by atoms with Crippen LogP contribution >= 0.6 is 0 Å². The molecule has 0 bridgehead atoms. The zero-order valence-electron chi connectivity index (χ0n) is 8.82. The zero-order valence-corrected chi connectivity index (χ0v) is 8.82. The minimum absolute atomic E-state index is 0.0131. The summed E-state index contributed by atoms with van der Waals surface area (Å²) >= 11 is 0. The molecule has 3 heteroatoms. The summed E-state index contributed by atoms with van der Waals surface area (Å²) in [6.07, 6.45) is 2.50. The van der Waals surface area contributed by atoms with E-state index in [4.69, 9.17) is 4.74 Å². The van der Waals surface area contributed by atoms with E-state index < -0.39 is 0 Å². The fourth-order valence-corrected chi connectivity index (χ4v) is 1.43. The highest BCUT2D eigenvalue weighted by molar-refractivity contribution is 5.94. The highest BCUT2D eigenvalue weighted by Crippen LogP contribution is 2.27. The van der Waals surface area contributed by atoms with Crippen LogP contribution in [0.1, 0.15) is 23.2 Å². The van der Waals surface area contributed by atoms with Gasteiger partial charge in [-0.05, 0) is 37.0 Å². The lowest BCUT2D eigenvalue weighted by atomic mass is 10.2. The van der Waals surface area contributed by atoms with Crippen molar-refractivity contribution in [3.63, 3.8) is 0 Å². The number of hydrogen-bond acceptors (Lipinski definition) is 2. The second-order valence-electron chi connectivity index (χ2n) is 3.89. The molecule has 0 heterocycles. The Balaban J connectivity index is 1.96. The lowest BCUT2D eigenvalue weighted by Gasteiger charge is -2.05. The Kier molecular flexibility index (Phi) is 2.90. The van der Waals surface area contributed by atoms with Gasteiger partial charge in [0.15, 0.2) is 0 Å². The van der Waals surface area contributed by atoms with E-state index in [9.17, 15) is 4.79 Å². The zero-order chi connectivity index (χ0) is 10.7. The lowest BCUT2D eigenvalue weighted by Crippen LogP contribution is -2.25. The Labute approximate surface area is 89.4 Å². The molecule has 2 rings (SSSR count). The first-order chi connectivity index (χ1) is 7.29. The first kappa shape index (κ1) is 10.0. The van der Waals surface area contributed by atoms with E-state index in [-0.39, 0.29) is 5.91 Å². The molecule has 1 amide bonds. The average molecular weight is 205 g/mol. The molecule has 1 fully saturated rings. The van der Waals surface area contributed by atoms with E-state index >= 15 is 0 Å². The largest absolute Gasteiger partial charge is 0.497 e. The van der Waals surface area contributed by atoms with E-state index in [0.717, 1.165) is 6.54 Å². The Hall–Kier alpha value is -1.51. The Morgan fingerprint density at radius 3 is 3.00 bits per heavy atom. The van der Waals surface area contributed by atoms with Crippen LogP contribution in [-0.2, 0) is 0 Å². The molecule has 0 unspecified atom stereocenters. The third-order valence-electron chi connectivity index (χ3n) is 2.58. The summed E-state index contributed by atoms with van der Waals surface area (Å²) in [5, 5.41) is 2.92. The number of carbonyl (C=O) groups excluding carboxylic acids is 1. The third kappa shape index (κ3) is 2.72. The summed E-state index contributed by atoms with van der Waals surface area (Å²) < 4.78 is 5.06. The molecule has 1 N–H and O–H groups in total. The molecule has 15 heavy (non-hydrogen) atoms. The summed E-state index contributed by atoms with van der Waals surface area (Å²) in [5.74, 6) is 1.41. The summed E-state index contributed by atoms with van der Waals surface area (Å²) in [4.78, 5) is 11.7. The minimum atomic E-state index is -0.0131. The maximum atomic E-state index is 11.7. The van der Waals surface area contributed by atoms with E-state index in [1.165, 1.54) is 12.8 Å². The summed E-state index contributed by atoms with van der Waals surface area (Å²) in [5.41, 5.74) is 0.662. The van der Waals surface area contributed by atoms with Gasteiger partial charge < -0.3 is 10.1 Å². The van der Waals surface area contributed by atoms with Crippen LogP contribution in [0.25, 0.3) is 0 Å². The molecule has 0 aromatic heterocycles. The fraction of sp³-hybridized carbons (Fsp3) is 0.417. The first-order valence-corrected chi connectivity index (χ1v) is 5.22. The topological polar surface area (TPSA) is 38.3 Å². The Morgan fingerprint density at radius 1 is 1.53 bits per heavy atom. The maximum Gasteiger partial charge on any atom is 0.251 e. The fourth-order valence-electron chi connectivity index (χ4n) is 1.43. The molecular formula is C12H15NO2. The van der Waals surface area contributed by atoms with E-state index in [1.807, 2.05) is 12.1 Å². The van der Waals surface area contributed by atoms with E-state index in [2.05, 4.69) is 5.32 Å². The van der Waals surface area contributed by atoms with Crippen molar-refractivity contribution in [1.29, 1.82) is 0 Å². The molecule has 1 aromatic carbocycles. The van der Waals surface area contributed by atoms with Gasteiger partial charge in [-0.3, -0.25) is 4.79 Å². The molecule has 80 valence electrons. The standard InChI is InChI=1S/C12H15NO2/c1-15-11-4-2-3-10(7-11)12(14)13-8-9-5-6-9/h2-4,7,9H,5-6,8H2,1H3,(H,13,14). The van der Waals surface area contributed by atoms with Gasteiger partial charge in [-0.15, -0.1) is 0 Å². The van der Waals surface area contributed by atoms with Crippen LogP contribution in [0.5, 0.6) is 5.75 Å². The monoisotopic (exact) mass is 205 g/mol. The molecule has 0 radical (unpaired) electrons. The highest BCUT2D eigenvalue weighted by atomic mass is 16.5. The van der Waals surface area contributed by atoms with Gasteiger partial charge in [0.25, 0.3) is 5.91 Å². The molecular weight excluding hydrogens is 190 g/mol. The highest BCUT2D eigenvalue weighted by Gasteiger charge is 2.21. The molecule has 0 atom stereocenters. The molecule has 1 aliphatic carbocycles. The summed E-state index contributed by atoms with van der Waals surface area (Å²) in [7, 11) is 1.60. The molecule has 0 spiro atoms. The number of benzene rings is 1. The Bertz CT molecular complexity index is 358. The van der Waals surface area contributed by atoms with Crippen molar-refractivity contribution in [3.05, 3.63) is 29.8 Å². The third-order valence-corrected chi connectivity index (χ3v) is 2.58. The average Bonchev–Trinajstić information content (AvgIpc) is 3.10. The van der Waals surface area contributed by atoms with Crippen molar-refractivity contribution in [3.8, 4) is 5.75 Å². The number of rotatable bonds is 4. The van der Waals surface area contributed by atoms with Gasteiger partial charge in [0.2, 0.25) is 0 Å². The van der Waals surface area contributed by atoms with Crippen molar-refractivity contribution in [2.75, 3.05) is 13.7 Å². The molecule has 0 aliphatic heterocycles. The van der Waals surface area contributed by atoms with E-state index in [1.54, 1.807) is 19.2 Å². The number of ether oxygens (including phenoxy) is 1. The SMILES string of the molecule is COc1cccc(C(=O)NCC2CC2)c1. The minimum Gasteiger partial charge on any atom is -0.497 e. The van der Waals surface area contributed by atoms with E-state index in [0.29, 0.717) is 17.2 Å². The second-order valence-corrected chi connectivity index (χ2v) is 3.89. The van der Waals surface area contributed by atoms with Gasteiger partial charge >= 0.3 is 0 Å². The van der Waals surface area contributed by atoms with Crippen LogP contribution in [-0.4, -0.2) is 19.6 Å². The van der Waals surface area contributed by atoms with Crippen LogP contribution in [0.2, 0.25) is 0 Å². The van der Waals surface area contributed by atoms with Crippen LogP contribution in [0.4, 0.5) is 0 Å². The van der Waals surface area contributed by atoms with Crippen molar-refractivity contribution < 1.29 is 9.53 Å². The number of amides is 1. The second kappa shape index (κ2) is 4.34. The number of nitrogens with one attached hydrogen (secondary N) is 1. The van der Waals surface area contributed by atoms with Gasteiger partial charge in [0, 0.05) is 12.1 Å². The normalized spacial score (nSPS) is 14.7. The quantitative estimate of drug-likeness (QED) is 0.814. The lowest BCUT2D eigenvalue weighted by molar-refractivity contribution is 0.0951. The Morgan fingerprint density at radius 2 is 2.33 bits per heavy atom. The van der Waals surface area contributed by atoms with Crippen molar-refractivity contribution in [2.45, 2.75) is 12.8 Å². The first-order valence-electron chi connectivity index (χ1n) is 5.22. The predicted molar refractivity (Wildman–Crippen MR) is 58.1 cm³/mol. The number of carbonyl (C=O) groups is 1. The van der Waals surface area contributed by atoms with Gasteiger partial charge in [0.1, 0.15) is 5.75 Å². The van der Waals surface area contributed by atoms with Gasteiger partial charge in [-0.1, -0.05) is 6.07 Å².